The first-order valence-electron chi connectivity index (χ1n) is 9.41. The Kier molecular flexibility index (Phi) is 6.31. The van der Waals surface area contributed by atoms with Crippen molar-refractivity contribution in [2.75, 3.05) is 19.6 Å². The lowest BCUT2D eigenvalue weighted by Gasteiger charge is -2.39. The van der Waals surface area contributed by atoms with Gasteiger partial charge in [0.05, 0.1) is 0 Å². The van der Waals surface area contributed by atoms with Gasteiger partial charge in [-0.1, -0.05) is 32.1 Å². The molecule has 1 amide bonds. The largest absolute Gasteiger partial charge is 0.379 e. The highest BCUT2D eigenvalue weighted by Gasteiger charge is 2.41. The first kappa shape index (κ1) is 17.9. The number of thiophene rings is 1. The molecule has 1 saturated heterocycles. The molecule has 1 aliphatic carbocycles. The van der Waals surface area contributed by atoms with E-state index in [2.05, 4.69) is 16.8 Å². The molecule has 2 aliphatic rings. The van der Waals surface area contributed by atoms with Crippen LogP contribution < -0.4 is 5.32 Å². The average molecular weight is 351 g/mol. The number of piperidine rings is 1. The van der Waals surface area contributed by atoms with Crippen molar-refractivity contribution in [3.05, 3.63) is 22.4 Å². The van der Waals surface area contributed by atoms with Gasteiger partial charge in [0.25, 0.3) is 5.91 Å². The maximum atomic E-state index is 12.8. The van der Waals surface area contributed by atoms with Gasteiger partial charge in [-0.25, -0.2) is 0 Å². The van der Waals surface area contributed by atoms with Crippen LogP contribution in [0.2, 0.25) is 0 Å². The van der Waals surface area contributed by atoms with Crippen LogP contribution in [0.5, 0.6) is 0 Å². The molecule has 1 aromatic rings. The Balaban J connectivity index is 1.47. The summed E-state index contributed by atoms with van der Waals surface area (Å²) in [5.41, 5.74) is -0.0121. The molecule has 2 heterocycles. The standard InChI is InChI=1S/C19H30N2O2S/c22-18-19(23,15-20-13-17-8-12-24-14-17)9-4-10-21(18)11-7-16-5-2-1-3-6-16/h8,12,14,16,20,23H,1-7,9-11,13,15H2. The Morgan fingerprint density at radius 2 is 2.12 bits per heavy atom. The minimum absolute atomic E-state index is 0.0672. The molecule has 24 heavy (non-hydrogen) atoms. The van der Waals surface area contributed by atoms with Crippen LogP contribution >= 0.6 is 11.3 Å². The van der Waals surface area contributed by atoms with E-state index in [0.717, 1.165) is 31.8 Å². The van der Waals surface area contributed by atoms with Gasteiger partial charge in [-0.3, -0.25) is 4.79 Å². The molecule has 1 atom stereocenters. The lowest BCUT2D eigenvalue weighted by molar-refractivity contribution is -0.156. The molecule has 4 nitrogen and oxygen atoms in total. The number of carbonyl (C=O) groups excluding carboxylic acids is 1. The van der Waals surface area contributed by atoms with Crippen molar-refractivity contribution in [3.63, 3.8) is 0 Å². The first-order valence-corrected chi connectivity index (χ1v) is 10.4. The van der Waals surface area contributed by atoms with Gasteiger partial charge in [0.2, 0.25) is 0 Å². The number of amides is 1. The topological polar surface area (TPSA) is 52.6 Å². The molecular formula is C19H30N2O2S. The fraction of sp³-hybridized carbons (Fsp3) is 0.737. The summed E-state index contributed by atoms with van der Waals surface area (Å²) in [4.78, 5) is 14.7. The first-order chi connectivity index (χ1) is 11.7. The van der Waals surface area contributed by atoms with E-state index in [9.17, 15) is 9.90 Å². The summed E-state index contributed by atoms with van der Waals surface area (Å²) in [6.45, 7) is 2.68. The molecule has 0 spiro atoms. The Morgan fingerprint density at radius 1 is 1.29 bits per heavy atom. The summed E-state index contributed by atoms with van der Waals surface area (Å²) < 4.78 is 0. The lowest BCUT2D eigenvalue weighted by atomic mass is 9.86. The molecule has 0 aromatic carbocycles. The molecule has 1 aliphatic heterocycles. The second-order valence-electron chi connectivity index (χ2n) is 7.46. The highest BCUT2D eigenvalue weighted by molar-refractivity contribution is 7.07. The van der Waals surface area contributed by atoms with Gasteiger partial charge in [0.1, 0.15) is 0 Å². The Bertz CT molecular complexity index is 513. The number of aliphatic hydroxyl groups is 1. The number of nitrogens with one attached hydrogen (secondary N) is 1. The normalized spacial score (nSPS) is 26.0. The summed E-state index contributed by atoms with van der Waals surface area (Å²) in [7, 11) is 0. The van der Waals surface area contributed by atoms with Gasteiger partial charge < -0.3 is 15.3 Å². The Morgan fingerprint density at radius 3 is 2.88 bits per heavy atom. The summed E-state index contributed by atoms with van der Waals surface area (Å²) in [6.07, 6.45) is 9.25. The van der Waals surface area contributed by atoms with Crippen LogP contribution in [0.4, 0.5) is 0 Å². The van der Waals surface area contributed by atoms with Crippen molar-refractivity contribution in [1.82, 2.24) is 10.2 Å². The molecule has 2 N–H and O–H groups in total. The molecule has 0 radical (unpaired) electrons. The van der Waals surface area contributed by atoms with E-state index in [0.29, 0.717) is 19.5 Å². The maximum Gasteiger partial charge on any atom is 0.255 e. The zero-order valence-electron chi connectivity index (χ0n) is 14.5. The quantitative estimate of drug-likeness (QED) is 0.794. The van der Waals surface area contributed by atoms with Crippen LogP contribution in [-0.2, 0) is 11.3 Å². The summed E-state index contributed by atoms with van der Waals surface area (Å²) in [5, 5.41) is 18.2. The van der Waals surface area contributed by atoms with Crippen molar-refractivity contribution in [1.29, 1.82) is 0 Å². The number of hydrogen-bond donors (Lipinski definition) is 2. The van der Waals surface area contributed by atoms with Gasteiger partial charge in [-0.2, -0.15) is 11.3 Å². The highest BCUT2D eigenvalue weighted by atomic mass is 32.1. The van der Waals surface area contributed by atoms with Crippen molar-refractivity contribution >= 4 is 17.2 Å². The van der Waals surface area contributed by atoms with E-state index < -0.39 is 5.60 Å². The van der Waals surface area contributed by atoms with Crippen molar-refractivity contribution in [2.45, 2.75) is 63.5 Å². The van der Waals surface area contributed by atoms with Gasteiger partial charge in [-0.05, 0) is 47.6 Å². The second kappa shape index (κ2) is 8.45. The number of hydrogen-bond acceptors (Lipinski definition) is 4. The minimum atomic E-state index is -1.22. The van der Waals surface area contributed by atoms with Gasteiger partial charge in [0, 0.05) is 26.2 Å². The fourth-order valence-electron chi connectivity index (χ4n) is 4.06. The zero-order chi connectivity index (χ0) is 16.8. The predicted molar refractivity (Wildman–Crippen MR) is 98.0 cm³/mol. The van der Waals surface area contributed by atoms with E-state index >= 15 is 0 Å². The van der Waals surface area contributed by atoms with E-state index in [4.69, 9.17) is 0 Å². The molecule has 134 valence electrons. The third kappa shape index (κ3) is 4.58. The molecule has 5 heteroatoms. The number of carbonyl (C=O) groups is 1. The Labute approximate surface area is 149 Å². The van der Waals surface area contributed by atoms with E-state index in [1.807, 2.05) is 10.3 Å². The second-order valence-corrected chi connectivity index (χ2v) is 8.24. The van der Waals surface area contributed by atoms with E-state index in [1.54, 1.807) is 11.3 Å². The van der Waals surface area contributed by atoms with Crippen molar-refractivity contribution < 1.29 is 9.90 Å². The molecule has 3 rings (SSSR count). The van der Waals surface area contributed by atoms with Crippen molar-refractivity contribution in [2.24, 2.45) is 5.92 Å². The molecule has 2 fully saturated rings. The van der Waals surface area contributed by atoms with Crippen LogP contribution in [0.25, 0.3) is 0 Å². The fourth-order valence-corrected chi connectivity index (χ4v) is 4.73. The van der Waals surface area contributed by atoms with Gasteiger partial charge in [0.15, 0.2) is 5.60 Å². The van der Waals surface area contributed by atoms with Crippen molar-refractivity contribution in [3.8, 4) is 0 Å². The smallest absolute Gasteiger partial charge is 0.255 e. The van der Waals surface area contributed by atoms with Crippen LogP contribution in [0.15, 0.2) is 16.8 Å². The molecule has 1 saturated carbocycles. The van der Waals surface area contributed by atoms with Crippen LogP contribution in [-0.4, -0.2) is 41.1 Å². The number of nitrogens with zero attached hydrogens (tertiary/aromatic N) is 1. The summed E-state index contributed by atoms with van der Waals surface area (Å²) in [5.74, 6) is 0.709. The molecule has 0 bridgehead atoms. The Hall–Kier alpha value is -0.910. The van der Waals surface area contributed by atoms with Gasteiger partial charge >= 0.3 is 0 Å². The maximum absolute atomic E-state index is 12.8. The van der Waals surface area contributed by atoms with Gasteiger partial charge in [-0.15, -0.1) is 0 Å². The van der Waals surface area contributed by atoms with E-state index in [1.165, 1.54) is 37.7 Å². The third-order valence-corrected chi connectivity index (χ3v) is 6.29. The van der Waals surface area contributed by atoms with Crippen LogP contribution in [0, 0.1) is 5.92 Å². The number of likely N-dealkylation sites (tertiary alicyclic amines) is 1. The summed E-state index contributed by atoms with van der Waals surface area (Å²) in [6, 6.07) is 2.07. The monoisotopic (exact) mass is 350 g/mol. The predicted octanol–water partition coefficient (Wildman–Crippen LogP) is 3.16. The molecular weight excluding hydrogens is 320 g/mol. The summed E-state index contributed by atoms with van der Waals surface area (Å²) >= 11 is 1.67. The lowest BCUT2D eigenvalue weighted by Crippen LogP contribution is -2.58. The molecule has 1 unspecified atom stereocenters. The minimum Gasteiger partial charge on any atom is -0.379 e. The SMILES string of the molecule is O=C1N(CCC2CCCCC2)CCCC1(O)CNCc1ccsc1. The van der Waals surface area contributed by atoms with Crippen LogP contribution in [0.3, 0.4) is 0 Å². The highest BCUT2D eigenvalue weighted by Crippen LogP contribution is 2.28. The molecule has 1 aromatic heterocycles. The average Bonchev–Trinajstić information content (AvgIpc) is 3.11. The van der Waals surface area contributed by atoms with E-state index in [-0.39, 0.29) is 5.91 Å². The van der Waals surface area contributed by atoms with Crippen LogP contribution in [0.1, 0.15) is 56.9 Å². The third-order valence-electron chi connectivity index (χ3n) is 5.56. The zero-order valence-corrected chi connectivity index (χ0v) is 15.3. The number of rotatable bonds is 7.